The number of phenolic OH excluding ortho intramolecular Hbond substituents is 2. The fraction of sp³-hybridized carbons (Fsp3) is 0. The van der Waals surface area contributed by atoms with Gasteiger partial charge in [0.2, 0.25) is 0 Å². The summed E-state index contributed by atoms with van der Waals surface area (Å²) in [6, 6.07) is 21.4. The molecule has 0 fully saturated rings. The minimum absolute atomic E-state index is 0. The van der Waals surface area contributed by atoms with Gasteiger partial charge in [0.05, 0.1) is 11.4 Å². The maximum Gasteiger partial charge on any atom is 0.124 e. The van der Waals surface area contributed by atoms with Gasteiger partial charge < -0.3 is 10.2 Å². The van der Waals surface area contributed by atoms with Crippen LogP contribution in [0.4, 0.5) is 11.4 Å². The standard InChI is InChI=1S/C20H16N2O2.Fe/c23-19-11-5-1-7-15(19)13-21-17-9-3-4-10-18(17)22-14-16-8-2-6-12-20(16)24;/h1-14,23-24H;. The maximum absolute atomic E-state index is 9.79. The van der Waals surface area contributed by atoms with Crippen LogP contribution < -0.4 is 0 Å². The number of hydrogen-bond donors (Lipinski definition) is 2. The van der Waals surface area contributed by atoms with E-state index in [9.17, 15) is 10.2 Å². The summed E-state index contributed by atoms with van der Waals surface area (Å²) in [5.41, 5.74) is 2.62. The van der Waals surface area contributed by atoms with Crippen LogP contribution in [-0.4, -0.2) is 22.6 Å². The molecular weight excluding hydrogens is 356 g/mol. The van der Waals surface area contributed by atoms with E-state index in [1.807, 2.05) is 36.4 Å². The van der Waals surface area contributed by atoms with E-state index in [1.54, 1.807) is 48.8 Å². The molecule has 0 heterocycles. The Labute approximate surface area is 156 Å². The summed E-state index contributed by atoms with van der Waals surface area (Å²) >= 11 is 0. The second-order valence-electron chi connectivity index (χ2n) is 5.12. The number of phenols is 2. The van der Waals surface area contributed by atoms with Gasteiger partial charge in [-0.3, -0.25) is 9.98 Å². The SMILES string of the molecule is Oc1ccccc1C=Nc1ccccc1N=Cc1ccccc1O.[Fe]. The molecule has 0 unspecified atom stereocenters. The summed E-state index contributed by atoms with van der Waals surface area (Å²) in [7, 11) is 0. The van der Waals surface area contributed by atoms with Gasteiger partial charge in [0.15, 0.2) is 0 Å². The van der Waals surface area contributed by atoms with Crippen LogP contribution in [0.15, 0.2) is 82.8 Å². The van der Waals surface area contributed by atoms with Crippen molar-refractivity contribution in [1.82, 2.24) is 0 Å². The second-order valence-corrected chi connectivity index (χ2v) is 5.12. The Kier molecular flexibility index (Phi) is 6.52. The largest absolute Gasteiger partial charge is 0.507 e. The molecule has 0 aromatic heterocycles. The summed E-state index contributed by atoms with van der Waals surface area (Å²) in [5.74, 6) is 0.355. The maximum atomic E-state index is 9.79. The molecule has 0 amide bonds. The van der Waals surface area contributed by atoms with E-state index in [0.717, 1.165) is 0 Å². The Hall–Kier alpha value is -2.88. The molecule has 0 aliphatic heterocycles. The van der Waals surface area contributed by atoms with Crippen LogP contribution in [0.3, 0.4) is 0 Å². The first-order valence-corrected chi connectivity index (χ1v) is 7.47. The van der Waals surface area contributed by atoms with Gasteiger partial charge >= 0.3 is 0 Å². The predicted octanol–water partition coefficient (Wildman–Crippen LogP) is 4.60. The number of benzene rings is 3. The van der Waals surface area contributed by atoms with Gasteiger partial charge in [-0.1, -0.05) is 36.4 Å². The zero-order chi connectivity index (χ0) is 16.8. The second kappa shape index (κ2) is 8.83. The third kappa shape index (κ3) is 4.80. The summed E-state index contributed by atoms with van der Waals surface area (Å²) in [4.78, 5) is 8.82. The first-order valence-electron chi connectivity index (χ1n) is 7.47. The third-order valence-corrected chi connectivity index (χ3v) is 3.44. The van der Waals surface area contributed by atoms with Crippen LogP contribution in [0.5, 0.6) is 11.5 Å². The monoisotopic (exact) mass is 372 g/mol. The van der Waals surface area contributed by atoms with E-state index in [4.69, 9.17) is 0 Å². The minimum atomic E-state index is 0. The normalized spacial score (nSPS) is 10.9. The molecule has 0 saturated carbocycles. The minimum Gasteiger partial charge on any atom is -0.507 e. The molecule has 3 aromatic carbocycles. The van der Waals surface area contributed by atoms with E-state index in [0.29, 0.717) is 22.5 Å². The molecule has 0 aliphatic carbocycles. The molecule has 0 aliphatic rings. The topological polar surface area (TPSA) is 65.2 Å². The van der Waals surface area contributed by atoms with E-state index in [1.165, 1.54) is 0 Å². The molecule has 5 heteroatoms. The summed E-state index contributed by atoms with van der Waals surface area (Å²) in [6.45, 7) is 0. The fourth-order valence-electron chi connectivity index (χ4n) is 2.15. The summed E-state index contributed by atoms with van der Waals surface area (Å²) in [5, 5.41) is 19.6. The zero-order valence-corrected chi connectivity index (χ0v) is 14.3. The van der Waals surface area contributed by atoms with Gasteiger partial charge in [-0.2, -0.15) is 0 Å². The van der Waals surface area contributed by atoms with Crippen LogP contribution in [0.1, 0.15) is 11.1 Å². The summed E-state index contributed by atoms with van der Waals surface area (Å²) in [6.07, 6.45) is 3.20. The van der Waals surface area contributed by atoms with E-state index >= 15 is 0 Å². The van der Waals surface area contributed by atoms with Crippen molar-refractivity contribution in [1.29, 1.82) is 0 Å². The van der Waals surface area contributed by atoms with Gasteiger partial charge in [0.1, 0.15) is 11.5 Å². The quantitative estimate of drug-likeness (QED) is 0.519. The van der Waals surface area contributed by atoms with Crippen LogP contribution in [-0.2, 0) is 17.1 Å². The average molecular weight is 372 g/mol. The molecule has 3 rings (SSSR count). The number of aliphatic imine (C=N–C) groups is 2. The van der Waals surface area contributed by atoms with Gasteiger partial charge in [0, 0.05) is 40.6 Å². The van der Waals surface area contributed by atoms with Gasteiger partial charge in [-0.25, -0.2) is 0 Å². The molecule has 25 heavy (non-hydrogen) atoms. The zero-order valence-electron chi connectivity index (χ0n) is 13.2. The number of hydrogen-bond acceptors (Lipinski definition) is 4. The molecule has 0 bridgehead atoms. The van der Waals surface area contributed by atoms with Crippen LogP contribution in [0, 0.1) is 0 Å². The Morgan fingerprint density at radius 2 is 0.920 bits per heavy atom. The number of rotatable bonds is 4. The van der Waals surface area contributed by atoms with Gasteiger partial charge in [-0.05, 0) is 36.4 Å². The van der Waals surface area contributed by atoms with Crippen molar-refractivity contribution >= 4 is 23.8 Å². The third-order valence-electron chi connectivity index (χ3n) is 3.44. The van der Waals surface area contributed by atoms with Crippen LogP contribution in [0.2, 0.25) is 0 Å². The molecule has 2 N–H and O–H groups in total. The first-order chi connectivity index (χ1) is 11.7. The Bertz CT molecular complexity index is 833. The molecule has 0 saturated heterocycles. The summed E-state index contributed by atoms with van der Waals surface area (Å²) < 4.78 is 0. The number of nitrogens with zero attached hydrogens (tertiary/aromatic N) is 2. The van der Waals surface area contributed by atoms with Crippen molar-refractivity contribution in [2.24, 2.45) is 9.98 Å². The number of aromatic hydroxyl groups is 2. The molecule has 4 nitrogen and oxygen atoms in total. The van der Waals surface area contributed by atoms with Crippen molar-refractivity contribution in [2.75, 3.05) is 0 Å². The molecule has 0 atom stereocenters. The van der Waals surface area contributed by atoms with E-state index < -0.39 is 0 Å². The predicted molar refractivity (Wildman–Crippen MR) is 97.2 cm³/mol. The average Bonchev–Trinajstić information content (AvgIpc) is 2.61. The van der Waals surface area contributed by atoms with Crippen molar-refractivity contribution in [3.63, 3.8) is 0 Å². The van der Waals surface area contributed by atoms with Gasteiger partial charge in [0.25, 0.3) is 0 Å². The van der Waals surface area contributed by atoms with Crippen LogP contribution >= 0.6 is 0 Å². The molecule has 0 spiro atoms. The molecule has 126 valence electrons. The molecule has 3 aromatic rings. The molecular formula is C20H16FeN2O2. The van der Waals surface area contributed by atoms with E-state index in [2.05, 4.69) is 9.98 Å². The molecule has 0 radical (unpaired) electrons. The number of para-hydroxylation sites is 4. The van der Waals surface area contributed by atoms with Crippen molar-refractivity contribution in [3.05, 3.63) is 83.9 Å². The Morgan fingerprint density at radius 1 is 0.560 bits per heavy atom. The smallest absolute Gasteiger partial charge is 0.124 e. The van der Waals surface area contributed by atoms with E-state index in [-0.39, 0.29) is 28.6 Å². The first kappa shape index (κ1) is 18.5. The van der Waals surface area contributed by atoms with Crippen LogP contribution in [0.25, 0.3) is 0 Å². The Balaban J connectivity index is 0.00000225. The van der Waals surface area contributed by atoms with Gasteiger partial charge in [-0.15, -0.1) is 0 Å². The fourth-order valence-corrected chi connectivity index (χ4v) is 2.15. The van der Waals surface area contributed by atoms with Crippen molar-refractivity contribution < 1.29 is 27.3 Å². The van der Waals surface area contributed by atoms with Crippen molar-refractivity contribution in [2.45, 2.75) is 0 Å². The Morgan fingerprint density at radius 3 is 1.32 bits per heavy atom. The van der Waals surface area contributed by atoms with Crippen molar-refractivity contribution in [3.8, 4) is 11.5 Å².